The summed E-state index contributed by atoms with van der Waals surface area (Å²) in [7, 11) is -3.26. The van der Waals surface area contributed by atoms with Crippen LogP contribution in [-0.4, -0.2) is 26.3 Å². The molecular weight excluding hydrogens is 330 g/mol. The average molecular weight is 348 g/mol. The maximum absolute atomic E-state index is 12.2. The molecular formula is C13H18BrNO3S. The molecule has 0 atom stereocenters. The number of benzene rings is 1. The van der Waals surface area contributed by atoms with Crippen molar-refractivity contribution < 1.29 is 13.2 Å². The second-order valence-electron chi connectivity index (χ2n) is 5.67. The molecule has 106 valence electrons. The summed E-state index contributed by atoms with van der Waals surface area (Å²) in [5.74, 6) is 0.651. The van der Waals surface area contributed by atoms with Gasteiger partial charge in [0, 0.05) is 22.0 Å². The predicted molar refractivity (Wildman–Crippen MR) is 79.1 cm³/mol. The molecule has 0 fully saturated rings. The van der Waals surface area contributed by atoms with Gasteiger partial charge in [-0.05, 0) is 31.5 Å². The van der Waals surface area contributed by atoms with Gasteiger partial charge in [0.15, 0.2) is 9.84 Å². The van der Waals surface area contributed by atoms with Crippen LogP contribution < -0.4 is 10.5 Å². The molecule has 0 saturated carbocycles. The highest BCUT2D eigenvalue weighted by molar-refractivity contribution is 9.10. The number of rotatable bonds is 4. The van der Waals surface area contributed by atoms with Crippen LogP contribution in [-0.2, 0) is 22.0 Å². The molecule has 1 aliphatic rings. The minimum atomic E-state index is -3.26. The van der Waals surface area contributed by atoms with E-state index in [4.69, 9.17) is 10.5 Å². The molecule has 0 spiro atoms. The predicted octanol–water partition coefficient (Wildman–Crippen LogP) is 2.04. The van der Waals surface area contributed by atoms with Crippen LogP contribution in [0.2, 0.25) is 0 Å². The molecule has 1 heterocycles. The van der Waals surface area contributed by atoms with Crippen LogP contribution in [0.3, 0.4) is 0 Å². The van der Waals surface area contributed by atoms with E-state index < -0.39 is 15.4 Å². The van der Waals surface area contributed by atoms with Crippen LogP contribution in [0.4, 0.5) is 0 Å². The highest BCUT2D eigenvalue weighted by Crippen LogP contribution is 2.34. The lowest BCUT2D eigenvalue weighted by Crippen LogP contribution is -2.40. The summed E-state index contributed by atoms with van der Waals surface area (Å²) in [6, 6.07) is 3.79. The number of ether oxygens (including phenoxy) is 1. The Bertz CT molecular complexity index is 591. The third-order valence-corrected chi connectivity index (χ3v) is 5.19. The topological polar surface area (TPSA) is 69.4 Å². The summed E-state index contributed by atoms with van der Waals surface area (Å²) in [5.41, 5.74) is 6.85. The van der Waals surface area contributed by atoms with Gasteiger partial charge in [-0.2, -0.15) is 0 Å². The molecule has 1 aromatic carbocycles. The van der Waals surface area contributed by atoms with Gasteiger partial charge in [-0.25, -0.2) is 8.42 Å². The van der Waals surface area contributed by atoms with Crippen molar-refractivity contribution in [3.8, 4) is 5.75 Å². The molecule has 1 aromatic rings. The van der Waals surface area contributed by atoms with E-state index in [9.17, 15) is 8.42 Å². The van der Waals surface area contributed by atoms with Gasteiger partial charge in [-0.3, -0.25) is 0 Å². The van der Waals surface area contributed by atoms with Crippen LogP contribution in [0.5, 0.6) is 5.75 Å². The molecule has 2 N–H and O–H groups in total. The van der Waals surface area contributed by atoms with E-state index >= 15 is 0 Å². The Hall–Kier alpha value is -0.590. The van der Waals surface area contributed by atoms with Gasteiger partial charge in [0.05, 0.1) is 18.1 Å². The van der Waals surface area contributed by atoms with E-state index in [1.165, 1.54) is 0 Å². The van der Waals surface area contributed by atoms with E-state index in [2.05, 4.69) is 15.9 Å². The largest absolute Gasteiger partial charge is 0.493 e. The summed E-state index contributed by atoms with van der Waals surface area (Å²) >= 11 is 3.41. The molecule has 4 nitrogen and oxygen atoms in total. The molecule has 0 aromatic heterocycles. The molecule has 0 amide bonds. The van der Waals surface area contributed by atoms with Crippen molar-refractivity contribution in [3.63, 3.8) is 0 Å². The van der Waals surface area contributed by atoms with Gasteiger partial charge in [-0.15, -0.1) is 0 Å². The first kappa shape index (κ1) is 14.8. The Morgan fingerprint density at radius 2 is 2.11 bits per heavy atom. The van der Waals surface area contributed by atoms with Gasteiger partial charge in [0.1, 0.15) is 5.75 Å². The van der Waals surface area contributed by atoms with Crippen LogP contribution in [0.25, 0.3) is 0 Å². The first-order chi connectivity index (χ1) is 8.66. The quantitative estimate of drug-likeness (QED) is 0.904. The van der Waals surface area contributed by atoms with Gasteiger partial charge < -0.3 is 10.5 Å². The lowest BCUT2D eigenvalue weighted by Gasteiger charge is -2.18. The maximum atomic E-state index is 12.2. The standard InChI is InChI=1S/C13H18BrNO3S/c1-13(2,15)8-19(16,17)7-10-6-11(14)5-9-3-4-18-12(9)10/h5-6H,3-4,7-8,15H2,1-2H3. The second-order valence-corrected chi connectivity index (χ2v) is 8.65. The smallest absolute Gasteiger partial charge is 0.156 e. The number of nitrogens with two attached hydrogens (primary N) is 1. The molecule has 0 unspecified atom stereocenters. The molecule has 0 aliphatic carbocycles. The fourth-order valence-corrected chi connectivity index (χ4v) is 4.78. The Morgan fingerprint density at radius 3 is 2.74 bits per heavy atom. The maximum Gasteiger partial charge on any atom is 0.156 e. The summed E-state index contributed by atoms with van der Waals surface area (Å²) in [6.07, 6.45) is 0.824. The first-order valence-electron chi connectivity index (χ1n) is 6.10. The summed E-state index contributed by atoms with van der Waals surface area (Å²) in [6.45, 7) is 4.04. The van der Waals surface area contributed by atoms with Crippen molar-refractivity contribution in [2.75, 3.05) is 12.4 Å². The zero-order valence-corrected chi connectivity index (χ0v) is 13.5. The minimum Gasteiger partial charge on any atom is -0.493 e. The average Bonchev–Trinajstić information content (AvgIpc) is 2.59. The van der Waals surface area contributed by atoms with Crippen LogP contribution in [0.1, 0.15) is 25.0 Å². The van der Waals surface area contributed by atoms with Gasteiger partial charge >= 0.3 is 0 Å². The van der Waals surface area contributed by atoms with Crippen molar-refractivity contribution >= 4 is 25.8 Å². The summed E-state index contributed by atoms with van der Waals surface area (Å²) in [4.78, 5) is 0. The first-order valence-corrected chi connectivity index (χ1v) is 8.71. The van der Waals surface area contributed by atoms with E-state index in [0.717, 1.165) is 22.2 Å². The number of hydrogen-bond donors (Lipinski definition) is 1. The van der Waals surface area contributed by atoms with Gasteiger partial charge in [-0.1, -0.05) is 15.9 Å². The Kier molecular flexibility index (Phi) is 3.95. The Balaban J connectivity index is 2.30. The lowest BCUT2D eigenvalue weighted by atomic mass is 10.1. The Labute approximate surface area is 122 Å². The van der Waals surface area contributed by atoms with Crippen LogP contribution >= 0.6 is 15.9 Å². The Morgan fingerprint density at radius 1 is 1.42 bits per heavy atom. The van der Waals surface area contributed by atoms with E-state index in [0.29, 0.717) is 12.2 Å². The van der Waals surface area contributed by atoms with E-state index in [1.54, 1.807) is 13.8 Å². The van der Waals surface area contributed by atoms with E-state index in [-0.39, 0.29) is 11.5 Å². The normalized spacial score (nSPS) is 15.2. The second kappa shape index (κ2) is 5.07. The molecule has 0 radical (unpaired) electrons. The van der Waals surface area contributed by atoms with Gasteiger partial charge in [0.2, 0.25) is 0 Å². The highest BCUT2D eigenvalue weighted by Gasteiger charge is 2.26. The van der Waals surface area contributed by atoms with Crippen molar-refractivity contribution in [2.45, 2.75) is 31.6 Å². The van der Waals surface area contributed by atoms with E-state index in [1.807, 2.05) is 12.1 Å². The number of sulfone groups is 1. The molecule has 19 heavy (non-hydrogen) atoms. The SMILES string of the molecule is CC(C)(N)CS(=O)(=O)Cc1cc(Br)cc2c1OCC2. The van der Waals surface area contributed by atoms with Crippen molar-refractivity contribution in [1.82, 2.24) is 0 Å². The summed E-state index contributed by atoms with van der Waals surface area (Å²) < 4.78 is 30.8. The van der Waals surface area contributed by atoms with Crippen molar-refractivity contribution in [1.29, 1.82) is 0 Å². The molecule has 1 aliphatic heterocycles. The minimum absolute atomic E-state index is 0.0323. The number of hydrogen-bond acceptors (Lipinski definition) is 4. The van der Waals surface area contributed by atoms with Crippen LogP contribution in [0, 0.1) is 0 Å². The lowest BCUT2D eigenvalue weighted by molar-refractivity contribution is 0.354. The number of fused-ring (bicyclic) bond motifs is 1. The van der Waals surface area contributed by atoms with Gasteiger partial charge in [0.25, 0.3) is 0 Å². The zero-order chi connectivity index (χ0) is 14.3. The van der Waals surface area contributed by atoms with Crippen LogP contribution in [0.15, 0.2) is 16.6 Å². The molecule has 2 rings (SSSR count). The molecule has 0 bridgehead atoms. The monoisotopic (exact) mass is 347 g/mol. The zero-order valence-electron chi connectivity index (χ0n) is 11.1. The fraction of sp³-hybridized carbons (Fsp3) is 0.538. The van der Waals surface area contributed by atoms with Crippen molar-refractivity contribution in [3.05, 3.63) is 27.7 Å². The molecule has 6 heteroatoms. The molecule has 0 saturated heterocycles. The third kappa shape index (κ3) is 3.94. The number of halogens is 1. The third-order valence-electron chi connectivity index (χ3n) is 2.79. The van der Waals surface area contributed by atoms with Crippen molar-refractivity contribution in [2.24, 2.45) is 5.73 Å². The highest BCUT2D eigenvalue weighted by atomic mass is 79.9. The fourth-order valence-electron chi connectivity index (χ4n) is 2.31. The summed E-state index contributed by atoms with van der Waals surface area (Å²) in [5, 5.41) is 0.